The quantitative estimate of drug-likeness (QED) is 0.755. The number of amides is 1. The van der Waals surface area contributed by atoms with Crippen LogP contribution >= 0.6 is 11.3 Å². The second-order valence-electron chi connectivity index (χ2n) is 5.35. The van der Waals surface area contributed by atoms with E-state index in [9.17, 15) is 9.59 Å². The van der Waals surface area contributed by atoms with Gasteiger partial charge in [-0.15, -0.1) is 11.3 Å². The smallest absolute Gasteiger partial charge is 0.311 e. The highest BCUT2D eigenvalue weighted by atomic mass is 32.1. The molecule has 2 atom stereocenters. The van der Waals surface area contributed by atoms with Crippen molar-refractivity contribution in [1.82, 2.24) is 4.90 Å². The average molecular weight is 287 g/mol. The lowest BCUT2D eigenvalue weighted by Gasteiger charge is -2.16. The maximum Gasteiger partial charge on any atom is 0.311 e. The Kier molecular flexibility index (Phi) is 2.57. The number of nitrogens with zero attached hydrogens (tertiary/aromatic N) is 1. The molecule has 1 amide bonds. The monoisotopic (exact) mass is 287 g/mol. The van der Waals surface area contributed by atoms with Crippen LogP contribution in [-0.2, 0) is 9.53 Å². The van der Waals surface area contributed by atoms with Crippen molar-refractivity contribution < 1.29 is 14.3 Å². The molecule has 2 aliphatic heterocycles. The van der Waals surface area contributed by atoms with E-state index in [1.54, 1.807) is 16.2 Å². The second-order valence-corrected chi connectivity index (χ2v) is 6.26. The molecule has 102 valence electrons. The van der Waals surface area contributed by atoms with E-state index in [-0.39, 0.29) is 23.7 Å². The van der Waals surface area contributed by atoms with E-state index in [0.29, 0.717) is 19.7 Å². The van der Waals surface area contributed by atoms with Gasteiger partial charge < -0.3 is 9.64 Å². The highest BCUT2D eigenvalue weighted by molar-refractivity contribution is 7.17. The molecule has 4 rings (SSSR count). The number of thiophene rings is 1. The van der Waals surface area contributed by atoms with Crippen LogP contribution in [0.2, 0.25) is 0 Å². The van der Waals surface area contributed by atoms with Crippen LogP contribution in [-0.4, -0.2) is 36.5 Å². The summed E-state index contributed by atoms with van der Waals surface area (Å²) in [6, 6.07) is 7.92. The molecule has 5 heteroatoms. The van der Waals surface area contributed by atoms with Crippen molar-refractivity contribution in [1.29, 1.82) is 0 Å². The molecular weight excluding hydrogens is 274 g/mol. The lowest BCUT2D eigenvalue weighted by molar-refractivity contribution is -0.141. The molecule has 0 spiro atoms. The molecule has 0 N–H and O–H groups in total. The third-order valence-corrected chi connectivity index (χ3v) is 5.15. The van der Waals surface area contributed by atoms with Gasteiger partial charge in [0.25, 0.3) is 5.91 Å². The molecular formula is C15H13NO3S. The van der Waals surface area contributed by atoms with Gasteiger partial charge in [-0.25, -0.2) is 0 Å². The molecule has 0 unspecified atom stereocenters. The Labute approximate surface area is 119 Å². The van der Waals surface area contributed by atoms with E-state index < -0.39 is 0 Å². The number of rotatable bonds is 1. The maximum atomic E-state index is 12.6. The van der Waals surface area contributed by atoms with E-state index >= 15 is 0 Å². The second kappa shape index (κ2) is 4.31. The summed E-state index contributed by atoms with van der Waals surface area (Å²) in [6.45, 7) is 1.57. The minimum atomic E-state index is -0.152. The molecule has 0 bridgehead atoms. The van der Waals surface area contributed by atoms with Crippen LogP contribution in [0.25, 0.3) is 10.1 Å². The molecule has 1 aromatic heterocycles. The zero-order valence-electron chi connectivity index (χ0n) is 10.7. The number of cyclic esters (lactones) is 1. The van der Waals surface area contributed by atoms with E-state index in [0.717, 1.165) is 15.6 Å². The Balaban J connectivity index is 1.64. The van der Waals surface area contributed by atoms with Gasteiger partial charge in [0.1, 0.15) is 0 Å². The number of likely N-dealkylation sites (tertiary alicyclic amines) is 1. The molecule has 1 aromatic carbocycles. The van der Waals surface area contributed by atoms with Crippen LogP contribution in [0.4, 0.5) is 0 Å². The first-order valence-corrected chi connectivity index (χ1v) is 7.54. The summed E-state index contributed by atoms with van der Waals surface area (Å²) in [5.74, 6) is -0.0645. The first kappa shape index (κ1) is 11.9. The van der Waals surface area contributed by atoms with Gasteiger partial charge in [-0.05, 0) is 6.07 Å². The lowest BCUT2D eigenvalue weighted by atomic mass is 10.0. The first-order valence-electron chi connectivity index (χ1n) is 6.66. The van der Waals surface area contributed by atoms with Crippen molar-refractivity contribution in [3.63, 3.8) is 0 Å². The Hall–Kier alpha value is -1.88. The van der Waals surface area contributed by atoms with E-state index in [1.165, 1.54) is 0 Å². The zero-order valence-corrected chi connectivity index (χ0v) is 11.6. The standard InChI is InChI=1S/C15H13NO3S/c17-14(12-8-20-13-4-2-1-3-10(12)13)16-5-9-7-19-15(18)11(9)6-16/h1-4,8-9,11H,5-7H2/t9-,11-/m1/s1. The van der Waals surface area contributed by atoms with Crippen LogP contribution in [0.15, 0.2) is 29.6 Å². The highest BCUT2D eigenvalue weighted by Crippen LogP contribution is 2.33. The van der Waals surface area contributed by atoms with Crippen LogP contribution in [0.5, 0.6) is 0 Å². The average Bonchev–Trinajstić information content (AvgIpc) is 3.14. The number of esters is 1. The minimum absolute atomic E-state index is 0.0321. The van der Waals surface area contributed by atoms with Gasteiger partial charge in [0.05, 0.1) is 18.1 Å². The highest BCUT2D eigenvalue weighted by Gasteiger charge is 2.45. The summed E-state index contributed by atoms with van der Waals surface area (Å²) < 4.78 is 6.15. The molecule has 0 saturated carbocycles. The van der Waals surface area contributed by atoms with Crippen LogP contribution in [0.3, 0.4) is 0 Å². The van der Waals surface area contributed by atoms with Crippen LogP contribution in [0.1, 0.15) is 10.4 Å². The van der Waals surface area contributed by atoms with E-state index in [2.05, 4.69) is 0 Å². The number of carbonyl (C=O) groups is 2. The fourth-order valence-corrected chi connectivity index (χ4v) is 4.02. The number of hydrogen-bond donors (Lipinski definition) is 0. The molecule has 0 aliphatic carbocycles. The summed E-state index contributed by atoms with van der Waals surface area (Å²) in [5.41, 5.74) is 0.749. The summed E-state index contributed by atoms with van der Waals surface area (Å²) in [5, 5.41) is 2.92. The van der Waals surface area contributed by atoms with Crippen LogP contribution in [0, 0.1) is 11.8 Å². The number of benzene rings is 1. The number of fused-ring (bicyclic) bond motifs is 2. The van der Waals surface area contributed by atoms with Gasteiger partial charge in [-0.2, -0.15) is 0 Å². The fraction of sp³-hybridized carbons (Fsp3) is 0.333. The topological polar surface area (TPSA) is 46.6 Å². The summed E-state index contributed by atoms with van der Waals surface area (Å²) in [4.78, 5) is 26.0. The van der Waals surface area contributed by atoms with Gasteiger partial charge in [-0.1, -0.05) is 18.2 Å². The number of hydrogen-bond acceptors (Lipinski definition) is 4. The van der Waals surface area contributed by atoms with Gasteiger partial charge in [0.2, 0.25) is 0 Å². The Bertz CT molecular complexity index is 708. The third kappa shape index (κ3) is 1.66. The lowest BCUT2D eigenvalue weighted by Crippen LogP contribution is -2.30. The van der Waals surface area contributed by atoms with Gasteiger partial charge in [0, 0.05) is 34.5 Å². The SMILES string of the molecule is O=C1OC[C@H]2CN(C(=O)c3csc4ccccc34)C[C@@H]12. The van der Waals surface area contributed by atoms with Gasteiger partial charge >= 0.3 is 5.97 Å². The molecule has 4 nitrogen and oxygen atoms in total. The van der Waals surface area contributed by atoms with Gasteiger partial charge in [-0.3, -0.25) is 9.59 Å². The van der Waals surface area contributed by atoms with Gasteiger partial charge in [0.15, 0.2) is 0 Å². The molecule has 2 fully saturated rings. The normalized spacial score (nSPS) is 25.0. The fourth-order valence-electron chi connectivity index (χ4n) is 3.08. The van der Waals surface area contributed by atoms with Crippen molar-refractivity contribution in [3.05, 3.63) is 35.2 Å². The predicted octanol–water partition coefficient (Wildman–Crippen LogP) is 2.15. The summed E-state index contributed by atoms with van der Waals surface area (Å²) in [7, 11) is 0. The molecule has 2 aromatic rings. The number of carbonyl (C=O) groups excluding carboxylic acids is 2. The van der Waals surface area contributed by atoms with E-state index in [1.807, 2.05) is 29.6 Å². The maximum absolute atomic E-state index is 12.6. The molecule has 20 heavy (non-hydrogen) atoms. The third-order valence-electron chi connectivity index (χ3n) is 4.18. The summed E-state index contributed by atoms with van der Waals surface area (Å²) >= 11 is 1.58. The Morgan fingerprint density at radius 3 is 3.00 bits per heavy atom. The molecule has 3 heterocycles. The zero-order chi connectivity index (χ0) is 13.7. The summed E-state index contributed by atoms with van der Waals surface area (Å²) in [6.07, 6.45) is 0. The van der Waals surface area contributed by atoms with Crippen molar-refractivity contribution >= 4 is 33.3 Å². The molecule has 2 aliphatic rings. The van der Waals surface area contributed by atoms with Crippen molar-refractivity contribution in [2.24, 2.45) is 11.8 Å². The van der Waals surface area contributed by atoms with Crippen molar-refractivity contribution in [2.75, 3.05) is 19.7 Å². The molecule has 0 radical (unpaired) electrons. The van der Waals surface area contributed by atoms with E-state index in [4.69, 9.17) is 4.74 Å². The van der Waals surface area contributed by atoms with Crippen molar-refractivity contribution in [2.45, 2.75) is 0 Å². The van der Waals surface area contributed by atoms with Crippen LogP contribution < -0.4 is 0 Å². The predicted molar refractivity (Wildman–Crippen MR) is 75.7 cm³/mol. The Morgan fingerprint density at radius 1 is 1.30 bits per heavy atom. The molecule has 2 saturated heterocycles. The Morgan fingerprint density at radius 2 is 2.15 bits per heavy atom. The largest absolute Gasteiger partial charge is 0.465 e. The van der Waals surface area contributed by atoms with Crippen molar-refractivity contribution in [3.8, 4) is 0 Å². The first-order chi connectivity index (χ1) is 9.74. The minimum Gasteiger partial charge on any atom is -0.465 e. The number of ether oxygens (including phenoxy) is 1.